The average molecular weight is 250 g/mol. The van der Waals surface area contributed by atoms with Crippen molar-refractivity contribution in [2.75, 3.05) is 5.73 Å². The van der Waals surface area contributed by atoms with Crippen LogP contribution in [0.1, 0.15) is 55.3 Å². The zero-order valence-corrected chi connectivity index (χ0v) is 11.0. The summed E-state index contributed by atoms with van der Waals surface area (Å²) in [6, 6.07) is 0.289. The Labute approximate surface area is 108 Å². The van der Waals surface area contributed by atoms with E-state index in [2.05, 4.69) is 10.4 Å². The van der Waals surface area contributed by atoms with Crippen molar-refractivity contribution >= 4 is 11.7 Å². The van der Waals surface area contributed by atoms with Crippen molar-refractivity contribution in [1.29, 1.82) is 0 Å². The Balaban J connectivity index is 1.95. The van der Waals surface area contributed by atoms with Gasteiger partial charge in [-0.15, -0.1) is 0 Å². The molecule has 1 aromatic rings. The highest BCUT2D eigenvalue weighted by Crippen LogP contribution is 2.18. The summed E-state index contributed by atoms with van der Waals surface area (Å²) in [7, 11) is 1.74. The van der Waals surface area contributed by atoms with E-state index >= 15 is 0 Å². The summed E-state index contributed by atoms with van der Waals surface area (Å²) in [4.78, 5) is 12.1. The van der Waals surface area contributed by atoms with Crippen LogP contribution >= 0.6 is 0 Å². The number of nitrogen functional groups attached to an aromatic ring is 1. The van der Waals surface area contributed by atoms with Crippen LogP contribution in [0.5, 0.6) is 0 Å². The number of hydrogen-bond acceptors (Lipinski definition) is 3. The summed E-state index contributed by atoms with van der Waals surface area (Å²) < 4.78 is 1.52. The van der Waals surface area contributed by atoms with Crippen LogP contribution in [0.2, 0.25) is 0 Å². The van der Waals surface area contributed by atoms with Gasteiger partial charge < -0.3 is 11.1 Å². The van der Waals surface area contributed by atoms with Crippen LogP contribution in [0.4, 0.5) is 5.82 Å². The fourth-order valence-electron chi connectivity index (χ4n) is 2.49. The number of aromatic nitrogens is 2. The van der Waals surface area contributed by atoms with Gasteiger partial charge in [0, 0.05) is 13.1 Å². The first kappa shape index (κ1) is 12.9. The number of carbonyl (C=O) groups is 1. The third-order valence-corrected chi connectivity index (χ3v) is 3.67. The average Bonchev–Trinajstić information content (AvgIpc) is 2.63. The highest BCUT2D eigenvalue weighted by Gasteiger charge is 2.18. The number of rotatable bonds is 2. The first-order valence-corrected chi connectivity index (χ1v) is 6.77. The fraction of sp³-hybridized carbons (Fsp3) is 0.692. The number of hydrogen-bond donors (Lipinski definition) is 2. The van der Waals surface area contributed by atoms with Crippen LogP contribution in [0.25, 0.3) is 0 Å². The second-order valence-corrected chi connectivity index (χ2v) is 5.08. The maximum atomic E-state index is 12.1. The first-order chi connectivity index (χ1) is 8.68. The van der Waals surface area contributed by atoms with E-state index in [0.717, 1.165) is 12.8 Å². The van der Waals surface area contributed by atoms with E-state index in [1.807, 2.05) is 0 Å². The molecular formula is C13H22N4O. The smallest absolute Gasteiger partial charge is 0.256 e. The van der Waals surface area contributed by atoms with E-state index in [4.69, 9.17) is 5.73 Å². The van der Waals surface area contributed by atoms with Crippen LogP contribution in [0.15, 0.2) is 6.20 Å². The molecule has 0 bridgehead atoms. The molecule has 2 rings (SSSR count). The molecule has 1 aliphatic carbocycles. The summed E-state index contributed by atoms with van der Waals surface area (Å²) in [5.74, 6) is 0.338. The van der Waals surface area contributed by atoms with Gasteiger partial charge in [-0.1, -0.05) is 32.1 Å². The first-order valence-electron chi connectivity index (χ1n) is 6.77. The SMILES string of the molecule is Cn1ncc(C(=O)NC2CCCCCCC2)c1N. The molecule has 1 saturated carbocycles. The molecule has 0 radical (unpaired) electrons. The van der Waals surface area contributed by atoms with Crippen LogP contribution in [-0.2, 0) is 7.05 Å². The minimum Gasteiger partial charge on any atom is -0.383 e. The second kappa shape index (κ2) is 5.89. The van der Waals surface area contributed by atoms with Crippen molar-refractivity contribution in [3.05, 3.63) is 11.8 Å². The summed E-state index contributed by atoms with van der Waals surface area (Å²) >= 11 is 0. The molecule has 0 saturated heterocycles. The molecule has 1 aromatic heterocycles. The van der Waals surface area contributed by atoms with Crippen molar-refractivity contribution in [3.63, 3.8) is 0 Å². The van der Waals surface area contributed by atoms with E-state index < -0.39 is 0 Å². The Morgan fingerprint density at radius 2 is 1.94 bits per heavy atom. The van der Waals surface area contributed by atoms with Gasteiger partial charge in [-0.05, 0) is 12.8 Å². The highest BCUT2D eigenvalue weighted by molar-refractivity contribution is 5.98. The summed E-state index contributed by atoms with van der Waals surface area (Å²) in [6.07, 6.45) is 9.98. The predicted molar refractivity (Wildman–Crippen MR) is 71.2 cm³/mol. The third kappa shape index (κ3) is 3.03. The van der Waals surface area contributed by atoms with E-state index in [1.165, 1.54) is 43.0 Å². The zero-order valence-electron chi connectivity index (χ0n) is 11.0. The van der Waals surface area contributed by atoms with Gasteiger partial charge in [0.15, 0.2) is 0 Å². The summed E-state index contributed by atoms with van der Waals surface area (Å²) in [5, 5.41) is 7.08. The Kier molecular flexibility index (Phi) is 4.23. The van der Waals surface area contributed by atoms with Crippen molar-refractivity contribution in [3.8, 4) is 0 Å². The third-order valence-electron chi connectivity index (χ3n) is 3.67. The molecule has 0 unspecified atom stereocenters. The zero-order chi connectivity index (χ0) is 13.0. The van der Waals surface area contributed by atoms with Crippen LogP contribution in [0.3, 0.4) is 0 Å². The second-order valence-electron chi connectivity index (χ2n) is 5.08. The van der Waals surface area contributed by atoms with E-state index in [1.54, 1.807) is 7.05 Å². The van der Waals surface area contributed by atoms with Crippen molar-refractivity contribution < 1.29 is 4.79 Å². The fourth-order valence-corrected chi connectivity index (χ4v) is 2.49. The number of carbonyl (C=O) groups excluding carboxylic acids is 1. The van der Waals surface area contributed by atoms with E-state index in [0.29, 0.717) is 11.4 Å². The molecule has 100 valence electrons. The molecule has 1 heterocycles. The number of nitrogens with one attached hydrogen (secondary N) is 1. The van der Waals surface area contributed by atoms with Gasteiger partial charge in [-0.25, -0.2) is 0 Å². The van der Waals surface area contributed by atoms with Gasteiger partial charge in [-0.2, -0.15) is 5.10 Å². The molecule has 0 spiro atoms. The van der Waals surface area contributed by atoms with Gasteiger partial charge in [0.05, 0.1) is 6.20 Å². The van der Waals surface area contributed by atoms with Gasteiger partial charge in [0.2, 0.25) is 0 Å². The quantitative estimate of drug-likeness (QED) is 0.841. The maximum Gasteiger partial charge on any atom is 0.256 e. The molecule has 1 aliphatic rings. The van der Waals surface area contributed by atoms with Crippen molar-refractivity contribution in [1.82, 2.24) is 15.1 Å². The maximum absolute atomic E-state index is 12.1. The Morgan fingerprint density at radius 3 is 2.50 bits per heavy atom. The van der Waals surface area contributed by atoms with E-state index in [9.17, 15) is 4.79 Å². The van der Waals surface area contributed by atoms with Crippen molar-refractivity contribution in [2.45, 2.75) is 51.0 Å². The van der Waals surface area contributed by atoms with Gasteiger partial charge in [0.25, 0.3) is 5.91 Å². The molecule has 18 heavy (non-hydrogen) atoms. The lowest BCUT2D eigenvalue weighted by Crippen LogP contribution is -2.35. The molecule has 0 aliphatic heterocycles. The Morgan fingerprint density at radius 1 is 1.33 bits per heavy atom. The van der Waals surface area contributed by atoms with E-state index in [-0.39, 0.29) is 11.9 Å². The molecule has 5 nitrogen and oxygen atoms in total. The van der Waals surface area contributed by atoms with Crippen LogP contribution < -0.4 is 11.1 Å². The topological polar surface area (TPSA) is 72.9 Å². The number of aryl methyl sites for hydroxylation is 1. The number of nitrogens with zero attached hydrogens (tertiary/aromatic N) is 2. The molecule has 1 amide bonds. The van der Waals surface area contributed by atoms with Crippen molar-refractivity contribution in [2.24, 2.45) is 7.05 Å². The summed E-state index contributed by atoms with van der Waals surface area (Å²) in [6.45, 7) is 0. The lowest BCUT2D eigenvalue weighted by molar-refractivity contribution is 0.0931. The number of amides is 1. The molecule has 3 N–H and O–H groups in total. The van der Waals surface area contributed by atoms with Gasteiger partial charge >= 0.3 is 0 Å². The number of anilines is 1. The lowest BCUT2D eigenvalue weighted by Gasteiger charge is -2.20. The minimum absolute atomic E-state index is 0.0915. The molecular weight excluding hydrogens is 228 g/mol. The molecule has 0 atom stereocenters. The Hall–Kier alpha value is -1.52. The summed E-state index contributed by atoms with van der Waals surface area (Å²) in [5.41, 5.74) is 6.29. The lowest BCUT2D eigenvalue weighted by atomic mass is 9.96. The normalized spacial score (nSPS) is 18.1. The van der Waals surface area contributed by atoms with Gasteiger partial charge in [0.1, 0.15) is 11.4 Å². The van der Waals surface area contributed by atoms with Crippen LogP contribution in [0, 0.1) is 0 Å². The number of nitrogens with two attached hydrogens (primary N) is 1. The largest absolute Gasteiger partial charge is 0.383 e. The molecule has 1 fully saturated rings. The van der Waals surface area contributed by atoms with Crippen LogP contribution in [-0.4, -0.2) is 21.7 Å². The monoisotopic (exact) mass is 250 g/mol. The highest BCUT2D eigenvalue weighted by atomic mass is 16.1. The van der Waals surface area contributed by atoms with Gasteiger partial charge in [-0.3, -0.25) is 9.48 Å². The minimum atomic E-state index is -0.0915. The standard InChI is InChI=1S/C13H22N4O/c1-17-12(14)11(9-15-17)13(18)16-10-7-5-3-2-4-6-8-10/h9-10H,2-8,14H2,1H3,(H,16,18). The molecule has 0 aromatic carbocycles. The predicted octanol–water partition coefficient (Wildman–Crippen LogP) is 1.84. The molecule has 5 heteroatoms. The Bertz CT molecular complexity index is 405.